The summed E-state index contributed by atoms with van der Waals surface area (Å²) in [5.41, 5.74) is 0.933. The van der Waals surface area contributed by atoms with Gasteiger partial charge in [0.25, 0.3) is 0 Å². The van der Waals surface area contributed by atoms with Crippen LogP contribution in [0.3, 0.4) is 0 Å². The van der Waals surface area contributed by atoms with Crippen molar-refractivity contribution in [3.05, 3.63) is 30.1 Å². The van der Waals surface area contributed by atoms with E-state index in [0.29, 0.717) is 6.54 Å². The highest BCUT2D eigenvalue weighted by Crippen LogP contribution is 2.25. The Morgan fingerprint density at radius 1 is 1.00 bits per heavy atom. The average molecular weight is 360 g/mol. The molecule has 0 spiro atoms. The van der Waals surface area contributed by atoms with Crippen molar-refractivity contribution in [2.45, 2.75) is 25.3 Å². The molecule has 0 N–H and O–H groups in total. The lowest BCUT2D eigenvalue weighted by Gasteiger charge is -2.43. The van der Waals surface area contributed by atoms with Gasteiger partial charge in [0, 0.05) is 64.1 Å². The Hall–Kier alpha value is -1.66. The fourth-order valence-electron chi connectivity index (χ4n) is 4.22. The lowest BCUT2D eigenvalue weighted by atomic mass is 9.91. The molecule has 0 aromatic heterocycles. The zero-order valence-electron chi connectivity index (χ0n) is 15.4. The first kappa shape index (κ1) is 17.7. The van der Waals surface area contributed by atoms with E-state index in [2.05, 4.69) is 14.7 Å². The molecule has 0 unspecified atom stereocenters. The molecule has 4 rings (SSSR count). The van der Waals surface area contributed by atoms with E-state index < -0.39 is 0 Å². The summed E-state index contributed by atoms with van der Waals surface area (Å²) in [5.74, 6) is 0.0682. The van der Waals surface area contributed by atoms with Gasteiger partial charge in [-0.25, -0.2) is 4.39 Å². The van der Waals surface area contributed by atoms with Gasteiger partial charge < -0.3 is 9.80 Å². The van der Waals surface area contributed by atoms with Gasteiger partial charge in [-0.15, -0.1) is 0 Å². The van der Waals surface area contributed by atoms with Gasteiger partial charge in [0.15, 0.2) is 0 Å². The molecular formula is C20H29FN4O. The minimum atomic E-state index is -0.193. The van der Waals surface area contributed by atoms with Crippen LogP contribution >= 0.6 is 0 Å². The first-order valence-electron chi connectivity index (χ1n) is 9.94. The van der Waals surface area contributed by atoms with Crippen LogP contribution in [-0.4, -0.2) is 85.6 Å². The number of carbonyl (C=O) groups is 1. The summed E-state index contributed by atoms with van der Waals surface area (Å²) >= 11 is 0. The molecule has 3 aliphatic rings. The molecule has 1 aromatic carbocycles. The molecule has 5 nitrogen and oxygen atoms in total. The predicted octanol–water partition coefficient (Wildman–Crippen LogP) is 1.64. The number of piperazine rings is 2. The van der Waals surface area contributed by atoms with Gasteiger partial charge in [0.1, 0.15) is 5.82 Å². The van der Waals surface area contributed by atoms with E-state index in [4.69, 9.17) is 0 Å². The summed E-state index contributed by atoms with van der Waals surface area (Å²) in [5, 5.41) is 0. The Bertz CT molecular complexity index is 620. The number of nitrogens with zero attached hydrogens (tertiary/aromatic N) is 4. The van der Waals surface area contributed by atoms with Gasteiger partial charge in [-0.05, 0) is 31.0 Å². The Morgan fingerprint density at radius 2 is 1.73 bits per heavy atom. The highest BCUT2D eigenvalue weighted by Gasteiger charge is 2.30. The van der Waals surface area contributed by atoms with E-state index in [0.717, 1.165) is 64.1 Å². The van der Waals surface area contributed by atoms with E-state index >= 15 is 0 Å². The summed E-state index contributed by atoms with van der Waals surface area (Å²) in [7, 11) is 0. The fourth-order valence-corrected chi connectivity index (χ4v) is 4.22. The molecule has 26 heavy (non-hydrogen) atoms. The van der Waals surface area contributed by atoms with Crippen molar-refractivity contribution in [3.63, 3.8) is 0 Å². The van der Waals surface area contributed by atoms with Crippen molar-refractivity contribution < 1.29 is 9.18 Å². The zero-order chi connectivity index (χ0) is 17.9. The van der Waals surface area contributed by atoms with Gasteiger partial charge in [-0.3, -0.25) is 14.6 Å². The zero-order valence-corrected chi connectivity index (χ0v) is 15.4. The maximum Gasteiger partial charge on any atom is 0.236 e. The van der Waals surface area contributed by atoms with Crippen LogP contribution in [0.5, 0.6) is 0 Å². The van der Waals surface area contributed by atoms with Gasteiger partial charge in [0.2, 0.25) is 5.91 Å². The standard InChI is InChI=1S/C20H29FN4O/c21-17-3-1-6-19(15-17)24-9-7-22(8-10-24)16-20(26)25-13-11-23(12-14-25)18-4-2-5-18/h1,3,6,15,18H,2,4-5,7-14,16H2. The van der Waals surface area contributed by atoms with Crippen molar-refractivity contribution >= 4 is 11.6 Å². The number of halogens is 1. The topological polar surface area (TPSA) is 30.0 Å². The third-order valence-electron chi connectivity index (χ3n) is 6.16. The Labute approximate surface area is 155 Å². The van der Waals surface area contributed by atoms with Gasteiger partial charge in [-0.2, -0.15) is 0 Å². The van der Waals surface area contributed by atoms with Crippen LogP contribution in [0.4, 0.5) is 10.1 Å². The smallest absolute Gasteiger partial charge is 0.236 e. The number of anilines is 1. The molecule has 3 fully saturated rings. The second kappa shape index (κ2) is 7.92. The van der Waals surface area contributed by atoms with E-state index in [1.54, 1.807) is 12.1 Å². The number of hydrogen-bond acceptors (Lipinski definition) is 4. The minimum Gasteiger partial charge on any atom is -0.369 e. The largest absolute Gasteiger partial charge is 0.369 e. The minimum absolute atomic E-state index is 0.193. The molecule has 0 bridgehead atoms. The normalized spacial score (nSPS) is 23.1. The molecule has 1 aromatic rings. The molecule has 142 valence electrons. The van der Waals surface area contributed by atoms with Gasteiger partial charge in [-0.1, -0.05) is 12.5 Å². The van der Waals surface area contributed by atoms with Crippen molar-refractivity contribution in [1.82, 2.24) is 14.7 Å². The summed E-state index contributed by atoms with van der Waals surface area (Å²) in [6.07, 6.45) is 4.04. The van der Waals surface area contributed by atoms with Crippen molar-refractivity contribution in [1.29, 1.82) is 0 Å². The van der Waals surface area contributed by atoms with Crippen molar-refractivity contribution in [3.8, 4) is 0 Å². The van der Waals surface area contributed by atoms with Crippen LogP contribution < -0.4 is 4.90 Å². The predicted molar refractivity (Wildman–Crippen MR) is 101 cm³/mol. The third kappa shape index (κ3) is 4.01. The van der Waals surface area contributed by atoms with Crippen molar-refractivity contribution in [2.75, 3.05) is 63.8 Å². The van der Waals surface area contributed by atoms with Crippen molar-refractivity contribution in [2.24, 2.45) is 0 Å². The first-order chi connectivity index (χ1) is 12.7. The van der Waals surface area contributed by atoms with Gasteiger partial charge in [0.05, 0.1) is 6.54 Å². The number of amides is 1. The lowest BCUT2D eigenvalue weighted by molar-refractivity contribution is -0.134. The van der Waals surface area contributed by atoms with E-state index in [-0.39, 0.29) is 11.7 Å². The third-order valence-corrected chi connectivity index (χ3v) is 6.16. The Balaban J connectivity index is 1.21. The fraction of sp³-hybridized carbons (Fsp3) is 0.650. The Morgan fingerprint density at radius 3 is 2.35 bits per heavy atom. The first-order valence-corrected chi connectivity index (χ1v) is 9.94. The quantitative estimate of drug-likeness (QED) is 0.817. The highest BCUT2D eigenvalue weighted by atomic mass is 19.1. The van der Waals surface area contributed by atoms with Crippen LogP contribution in [0.1, 0.15) is 19.3 Å². The number of carbonyl (C=O) groups excluding carboxylic acids is 1. The molecule has 2 heterocycles. The summed E-state index contributed by atoms with van der Waals surface area (Å²) in [6, 6.07) is 7.55. The molecule has 0 atom stereocenters. The molecule has 2 saturated heterocycles. The Kier molecular flexibility index (Phi) is 5.41. The molecule has 1 aliphatic carbocycles. The molecule has 2 aliphatic heterocycles. The molecule has 1 saturated carbocycles. The van der Waals surface area contributed by atoms with Crippen LogP contribution in [0.15, 0.2) is 24.3 Å². The van der Waals surface area contributed by atoms with E-state index in [9.17, 15) is 9.18 Å². The SMILES string of the molecule is O=C(CN1CCN(c2cccc(F)c2)CC1)N1CCN(C2CCC2)CC1. The number of benzene rings is 1. The van der Waals surface area contributed by atoms with E-state index in [1.165, 1.54) is 25.3 Å². The van der Waals surface area contributed by atoms with Crippen LogP contribution in [-0.2, 0) is 4.79 Å². The molecule has 6 heteroatoms. The van der Waals surface area contributed by atoms with Crippen LogP contribution in [0.2, 0.25) is 0 Å². The molecule has 1 amide bonds. The summed E-state index contributed by atoms with van der Waals surface area (Å²) in [4.78, 5) is 21.6. The number of hydrogen-bond donors (Lipinski definition) is 0. The molecule has 0 radical (unpaired) electrons. The second-order valence-electron chi connectivity index (χ2n) is 7.74. The maximum atomic E-state index is 13.4. The summed E-state index contributed by atoms with van der Waals surface area (Å²) in [6.45, 7) is 7.71. The molecular weight excluding hydrogens is 331 g/mol. The van der Waals surface area contributed by atoms with Crippen LogP contribution in [0.25, 0.3) is 0 Å². The van der Waals surface area contributed by atoms with Crippen LogP contribution in [0, 0.1) is 5.82 Å². The van der Waals surface area contributed by atoms with Gasteiger partial charge >= 0.3 is 0 Å². The lowest BCUT2D eigenvalue weighted by Crippen LogP contribution is -2.56. The average Bonchev–Trinajstić information content (AvgIpc) is 2.61. The monoisotopic (exact) mass is 360 g/mol. The summed E-state index contributed by atoms with van der Waals surface area (Å²) < 4.78 is 13.4. The maximum absolute atomic E-state index is 13.4. The highest BCUT2D eigenvalue weighted by molar-refractivity contribution is 5.78. The van der Waals surface area contributed by atoms with E-state index in [1.807, 2.05) is 11.0 Å². The second-order valence-corrected chi connectivity index (χ2v) is 7.74. The number of rotatable bonds is 4.